The molecule has 1 aliphatic carbocycles. The van der Waals surface area contributed by atoms with Crippen LogP contribution in [-0.4, -0.2) is 18.0 Å². The maximum absolute atomic E-state index is 12.9. The first kappa shape index (κ1) is 15.2. The Morgan fingerprint density at radius 1 is 1.20 bits per heavy atom. The minimum atomic E-state index is -0.574. The molecule has 0 amide bonds. The van der Waals surface area contributed by atoms with Crippen molar-refractivity contribution in [3.05, 3.63) is 35.4 Å². The van der Waals surface area contributed by atoms with Crippen molar-refractivity contribution in [1.29, 1.82) is 0 Å². The lowest BCUT2D eigenvalue weighted by Crippen LogP contribution is -2.44. The Morgan fingerprint density at radius 3 is 2.30 bits per heavy atom. The smallest absolute Gasteiger partial charge is 0.194 e. The zero-order valence-corrected chi connectivity index (χ0v) is 12.9. The lowest BCUT2D eigenvalue weighted by molar-refractivity contribution is -0.0474. The number of ketones is 1. The van der Waals surface area contributed by atoms with Crippen LogP contribution in [0.2, 0.25) is 0 Å². The molecule has 1 aromatic carbocycles. The van der Waals surface area contributed by atoms with E-state index in [1.54, 1.807) is 0 Å². The van der Waals surface area contributed by atoms with Gasteiger partial charge in [-0.15, -0.1) is 0 Å². The van der Waals surface area contributed by atoms with Gasteiger partial charge in [-0.2, -0.15) is 0 Å². The molecule has 0 bridgehead atoms. The minimum absolute atomic E-state index is 0.175. The predicted octanol–water partition coefficient (Wildman–Crippen LogP) is 4.42. The van der Waals surface area contributed by atoms with Crippen LogP contribution >= 0.6 is 0 Å². The van der Waals surface area contributed by atoms with Gasteiger partial charge in [-0.05, 0) is 50.5 Å². The van der Waals surface area contributed by atoms with E-state index in [1.807, 2.05) is 19.1 Å². The molecule has 0 heterocycles. The predicted molar refractivity (Wildman–Crippen MR) is 82.1 cm³/mol. The second kappa shape index (κ2) is 6.53. The molecular formula is C18H26O2. The van der Waals surface area contributed by atoms with Crippen molar-refractivity contribution in [2.45, 2.75) is 58.5 Å². The standard InChI is InChI=1S/C18H26O2/c1-4-15-6-8-16(9-7-15)17(19)18(20-5-2)12-10-14(3)11-13-18/h6-9,14H,4-5,10-13H2,1-3H3. The van der Waals surface area contributed by atoms with Crippen molar-refractivity contribution in [2.24, 2.45) is 5.92 Å². The number of rotatable bonds is 5. The lowest BCUT2D eigenvalue weighted by atomic mass is 9.75. The van der Waals surface area contributed by atoms with E-state index in [1.165, 1.54) is 5.56 Å². The molecular weight excluding hydrogens is 248 g/mol. The summed E-state index contributed by atoms with van der Waals surface area (Å²) in [5.41, 5.74) is 1.49. The fourth-order valence-electron chi connectivity index (χ4n) is 3.10. The van der Waals surface area contributed by atoms with Gasteiger partial charge in [0.25, 0.3) is 0 Å². The van der Waals surface area contributed by atoms with Crippen LogP contribution in [-0.2, 0) is 11.2 Å². The lowest BCUT2D eigenvalue weighted by Gasteiger charge is -2.37. The Balaban J connectivity index is 2.21. The first-order valence-corrected chi connectivity index (χ1v) is 7.89. The van der Waals surface area contributed by atoms with Crippen LogP contribution in [0.5, 0.6) is 0 Å². The Hall–Kier alpha value is -1.15. The molecule has 0 radical (unpaired) electrons. The molecule has 110 valence electrons. The first-order valence-electron chi connectivity index (χ1n) is 7.89. The number of benzene rings is 1. The minimum Gasteiger partial charge on any atom is -0.367 e. The molecule has 20 heavy (non-hydrogen) atoms. The quantitative estimate of drug-likeness (QED) is 0.743. The summed E-state index contributed by atoms with van der Waals surface area (Å²) in [5.74, 6) is 0.882. The van der Waals surface area contributed by atoms with Crippen molar-refractivity contribution in [3.8, 4) is 0 Å². The molecule has 2 heteroatoms. The summed E-state index contributed by atoms with van der Waals surface area (Å²) in [6, 6.07) is 8.02. The zero-order valence-electron chi connectivity index (χ0n) is 12.9. The van der Waals surface area contributed by atoms with E-state index in [-0.39, 0.29) is 5.78 Å². The average Bonchev–Trinajstić information content (AvgIpc) is 2.49. The second-order valence-electron chi connectivity index (χ2n) is 5.99. The summed E-state index contributed by atoms with van der Waals surface area (Å²) < 4.78 is 5.94. The van der Waals surface area contributed by atoms with Gasteiger partial charge in [-0.1, -0.05) is 38.1 Å². The van der Waals surface area contributed by atoms with Gasteiger partial charge in [0.2, 0.25) is 0 Å². The monoisotopic (exact) mass is 274 g/mol. The van der Waals surface area contributed by atoms with E-state index < -0.39 is 5.60 Å². The maximum Gasteiger partial charge on any atom is 0.194 e. The van der Waals surface area contributed by atoms with Crippen molar-refractivity contribution < 1.29 is 9.53 Å². The highest BCUT2D eigenvalue weighted by Gasteiger charge is 2.41. The molecule has 0 unspecified atom stereocenters. The summed E-state index contributed by atoms with van der Waals surface area (Å²) in [6.45, 7) is 6.97. The maximum atomic E-state index is 12.9. The van der Waals surface area contributed by atoms with E-state index in [4.69, 9.17) is 4.74 Å². The van der Waals surface area contributed by atoms with Crippen molar-refractivity contribution in [1.82, 2.24) is 0 Å². The third-order valence-electron chi connectivity index (χ3n) is 4.54. The fraction of sp³-hybridized carbons (Fsp3) is 0.611. The fourth-order valence-corrected chi connectivity index (χ4v) is 3.10. The molecule has 2 rings (SSSR count). The van der Waals surface area contributed by atoms with Crippen molar-refractivity contribution in [2.75, 3.05) is 6.61 Å². The third kappa shape index (κ3) is 3.12. The highest BCUT2D eigenvalue weighted by Crippen LogP contribution is 2.37. The highest BCUT2D eigenvalue weighted by atomic mass is 16.5. The van der Waals surface area contributed by atoms with Crippen LogP contribution < -0.4 is 0 Å². The molecule has 0 atom stereocenters. The van der Waals surface area contributed by atoms with E-state index in [2.05, 4.69) is 26.0 Å². The van der Waals surface area contributed by atoms with Crippen LogP contribution in [0.4, 0.5) is 0 Å². The van der Waals surface area contributed by atoms with Crippen molar-refractivity contribution >= 4 is 5.78 Å². The first-order chi connectivity index (χ1) is 9.61. The number of Topliss-reactive ketones (excluding diaryl/α,β-unsaturated/α-hetero) is 1. The number of aryl methyl sites for hydroxylation is 1. The Bertz CT molecular complexity index is 439. The molecule has 1 aliphatic rings. The highest BCUT2D eigenvalue weighted by molar-refractivity contribution is 6.02. The Kier molecular flexibility index (Phi) is 4.98. The zero-order chi connectivity index (χ0) is 14.6. The van der Waals surface area contributed by atoms with Gasteiger partial charge in [-0.3, -0.25) is 4.79 Å². The van der Waals surface area contributed by atoms with Gasteiger partial charge in [-0.25, -0.2) is 0 Å². The van der Waals surface area contributed by atoms with E-state index in [0.717, 1.165) is 37.7 Å². The number of carbonyl (C=O) groups is 1. The summed E-state index contributed by atoms with van der Waals surface area (Å²) >= 11 is 0. The number of hydrogen-bond acceptors (Lipinski definition) is 2. The summed E-state index contributed by atoms with van der Waals surface area (Å²) in [7, 11) is 0. The van der Waals surface area contributed by atoms with E-state index >= 15 is 0 Å². The summed E-state index contributed by atoms with van der Waals surface area (Å²) in [6.07, 6.45) is 4.88. The SMILES string of the molecule is CCOC1(C(=O)c2ccc(CC)cc2)CCC(C)CC1. The van der Waals surface area contributed by atoms with Crippen LogP contribution in [0.1, 0.15) is 62.4 Å². The van der Waals surface area contributed by atoms with E-state index in [9.17, 15) is 4.79 Å². The van der Waals surface area contributed by atoms with Crippen LogP contribution in [0.3, 0.4) is 0 Å². The molecule has 1 aromatic rings. The molecule has 2 nitrogen and oxygen atoms in total. The number of carbonyl (C=O) groups excluding carboxylic acids is 1. The molecule has 0 aromatic heterocycles. The second-order valence-corrected chi connectivity index (χ2v) is 5.99. The third-order valence-corrected chi connectivity index (χ3v) is 4.54. The van der Waals surface area contributed by atoms with Crippen molar-refractivity contribution in [3.63, 3.8) is 0 Å². The van der Waals surface area contributed by atoms with Crippen LogP contribution in [0, 0.1) is 5.92 Å². The van der Waals surface area contributed by atoms with Crippen LogP contribution in [0.15, 0.2) is 24.3 Å². The largest absolute Gasteiger partial charge is 0.367 e. The average molecular weight is 274 g/mol. The summed E-state index contributed by atoms with van der Waals surface area (Å²) in [5, 5.41) is 0. The molecule has 1 saturated carbocycles. The van der Waals surface area contributed by atoms with Gasteiger partial charge >= 0.3 is 0 Å². The molecule has 0 aliphatic heterocycles. The Labute approximate surface area is 122 Å². The van der Waals surface area contributed by atoms with E-state index in [0.29, 0.717) is 12.5 Å². The van der Waals surface area contributed by atoms with Gasteiger partial charge in [0, 0.05) is 12.2 Å². The Morgan fingerprint density at radius 2 is 1.80 bits per heavy atom. The van der Waals surface area contributed by atoms with Gasteiger partial charge in [0.1, 0.15) is 5.60 Å². The molecule has 0 saturated heterocycles. The number of ether oxygens (including phenoxy) is 1. The topological polar surface area (TPSA) is 26.3 Å². The van der Waals surface area contributed by atoms with Crippen LogP contribution in [0.25, 0.3) is 0 Å². The summed E-state index contributed by atoms with van der Waals surface area (Å²) in [4.78, 5) is 12.9. The van der Waals surface area contributed by atoms with Gasteiger partial charge < -0.3 is 4.74 Å². The molecule has 0 spiro atoms. The van der Waals surface area contributed by atoms with Gasteiger partial charge in [0.15, 0.2) is 5.78 Å². The number of hydrogen-bond donors (Lipinski definition) is 0. The molecule has 1 fully saturated rings. The normalized spacial score (nSPS) is 26.4. The molecule has 0 N–H and O–H groups in total. The van der Waals surface area contributed by atoms with Gasteiger partial charge in [0.05, 0.1) is 0 Å².